The summed E-state index contributed by atoms with van der Waals surface area (Å²) in [4.78, 5) is 11.6. The van der Waals surface area contributed by atoms with Gasteiger partial charge in [0, 0.05) is 23.8 Å². The third-order valence-electron chi connectivity index (χ3n) is 4.17. The predicted molar refractivity (Wildman–Crippen MR) is 103 cm³/mol. The van der Waals surface area contributed by atoms with Crippen molar-refractivity contribution in [2.45, 2.75) is 12.8 Å². The van der Waals surface area contributed by atoms with Gasteiger partial charge in [-0.25, -0.2) is 4.79 Å². The maximum atomic E-state index is 11.6. The van der Waals surface area contributed by atoms with Crippen LogP contribution in [0.2, 0.25) is 5.02 Å². The molecule has 142 valence electrons. The highest BCUT2D eigenvalue weighted by atomic mass is 35.5. The lowest BCUT2D eigenvalue weighted by atomic mass is 10.2. The normalized spacial score (nSPS) is 16.6. The van der Waals surface area contributed by atoms with E-state index in [1.807, 2.05) is 59.7 Å². The highest BCUT2D eigenvalue weighted by Gasteiger charge is 2.25. The molecule has 3 rings (SSSR count). The molecular formula is C19H20ClN3O4. The maximum Gasteiger partial charge on any atom is 0.438 e. The van der Waals surface area contributed by atoms with E-state index in [1.165, 1.54) is 7.11 Å². The van der Waals surface area contributed by atoms with Crippen LogP contribution in [0.3, 0.4) is 0 Å². The highest BCUT2D eigenvalue weighted by Crippen LogP contribution is 2.27. The topological polar surface area (TPSA) is 65.5 Å². The number of amides is 1. The second-order valence-corrected chi connectivity index (χ2v) is 6.28. The van der Waals surface area contributed by atoms with Crippen LogP contribution >= 0.6 is 11.6 Å². The Hall–Kier alpha value is -2.58. The third-order valence-corrected chi connectivity index (χ3v) is 4.42. The zero-order valence-electron chi connectivity index (χ0n) is 14.9. The smallest absolute Gasteiger partial charge is 0.438 e. The van der Waals surface area contributed by atoms with Crippen molar-refractivity contribution in [3.63, 3.8) is 0 Å². The zero-order chi connectivity index (χ0) is 19.4. The van der Waals surface area contributed by atoms with Gasteiger partial charge in [-0.1, -0.05) is 29.8 Å². The Morgan fingerprint density at radius 2 is 1.93 bits per heavy atom. The van der Waals surface area contributed by atoms with E-state index >= 15 is 0 Å². The van der Waals surface area contributed by atoms with Crippen LogP contribution in [0.5, 0.6) is 0 Å². The van der Waals surface area contributed by atoms with Crippen molar-refractivity contribution in [3.8, 4) is 0 Å². The first kappa shape index (κ1) is 19.2. The van der Waals surface area contributed by atoms with Gasteiger partial charge in [0.25, 0.3) is 0 Å². The number of carbonyl (C=O) groups is 1. The molecule has 27 heavy (non-hydrogen) atoms. The number of methoxy groups -OCH3 is 1. The Bertz CT molecular complexity index is 828. The van der Waals surface area contributed by atoms with Crippen molar-refractivity contribution >= 4 is 29.1 Å². The predicted octanol–water partition coefficient (Wildman–Crippen LogP) is 4.03. The number of hydroxylamine groups is 1. The van der Waals surface area contributed by atoms with Gasteiger partial charge in [0.05, 0.1) is 25.1 Å². The number of likely N-dealkylation sites (N-methyl/N-ethyl adjacent to an activating group) is 1. The van der Waals surface area contributed by atoms with E-state index in [1.54, 1.807) is 18.2 Å². The summed E-state index contributed by atoms with van der Waals surface area (Å²) in [6.45, 7) is 0.192. The second kappa shape index (κ2) is 8.41. The van der Waals surface area contributed by atoms with Crippen LogP contribution in [-0.4, -0.2) is 36.7 Å². The van der Waals surface area contributed by atoms with Gasteiger partial charge in [-0.05, 0) is 36.4 Å². The van der Waals surface area contributed by atoms with E-state index in [9.17, 15) is 10.0 Å². The van der Waals surface area contributed by atoms with Crippen LogP contribution < -0.4 is 10.1 Å². The number of nitrogens with zero attached hydrogens (tertiary/aromatic N) is 3. The monoisotopic (exact) mass is 389 g/mol. The van der Waals surface area contributed by atoms with E-state index in [2.05, 4.69) is 4.74 Å². The molecule has 0 saturated carbocycles. The molecule has 0 aromatic heterocycles. The SMILES string of the molecule is COC(=O)N(O)c1ccccc1COC1C=CN(c2ccc(Cl)cc2)N1C. The fraction of sp³-hybridized carbons (Fsp3) is 0.211. The molecule has 8 heteroatoms. The van der Waals surface area contributed by atoms with Gasteiger partial charge in [-0.2, -0.15) is 10.1 Å². The second-order valence-electron chi connectivity index (χ2n) is 5.85. The van der Waals surface area contributed by atoms with E-state index in [-0.39, 0.29) is 12.8 Å². The zero-order valence-corrected chi connectivity index (χ0v) is 15.7. The van der Waals surface area contributed by atoms with Gasteiger partial charge in [-0.15, -0.1) is 0 Å². The Kier molecular flexibility index (Phi) is 5.98. The number of rotatable bonds is 5. The Morgan fingerprint density at radius 1 is 1.22 bits per heavy atom. The summed E-state index contributed by atoms with van der Waals surface area (Å²) in [6.07, 6.45) is 2.65. The molecule has 7 nitrogen and oxygen atoms in total. The lowest BCUT2D eigenvalue weighted by molar-refractivity contribution is -0.0165. The summed E-state index contributed by atoms with van der Waals surface area (Å²) in [7, 11) is 3.10. The largest absolute Gasteiger partial charge is 0.451 e. The molecule has 1 N–H and O–H groups in total. The van der Waals surface area contributed by atoms with Gasteiger partial charge in [0.15, 0.2) is 0 Å². The fourth-order valence-electron chi connectivity index (χ4n) is 2.73. The molecule has 1 unspecified atom stereocenters. The van der Waals surface area contributed by atoms with E-state index in [0.29, 0.717) is 21.3 Å². The number of benzene rings is 2. The summed E-state index contributed by atoms with van der Waals surface area (Å²) in [5.41, 5.74) is 1.91. The molecule has 1 heterocycles. The molecule has 0 saturated heterocycles. The molecule has 1 aliphatic heterocycles. The molecule has 2 aromatic carbocycles. The van der Waals surface area contributed by atoms with Crippen molar-refractivity contribution in [2.75, 3.05) is 24.2 Å². The van der Waals surface area contributed by atoms with Crippen LogP contribution in [0.4, 0.5) is 16.2 Å². The molecule has 0 spiro atoms. The number of para-hydroxylation sites is 1. The minimum absolute atomic E-state index is 0.192. The molecule has 1 atom stereocenters. The molecule has 0 aliphatic carbocycles. The summed E-state index contributed by atoms with van der Waals surface area (Å²) in [5.74, 6) is 0. The standard InChI is InChI=1S/C19H20ClN3O4/c1-21-18(11-12-22(21)16-9-7-15(20)8-10-16)27-13-14-5-3-4-6-17(14)23(25)19(24)26-2/h3-12,18,25H,13H2,1-2H3. The van der Waals surface area contributed by atoms with E-state index in [0.717, 1.165) is 5.69 Å². The molecule has 1 amide bonds. The van der Waals surface area contributed by atoms with Crippen LogP contribution in [0.15, 0.2) is 60.8 Å². The summed E-state index contributed by atoms with van der Waals surface area (Å²) in [5, 5.41) is 15.0. The average Bonchev–Trinajstić information content (AvgIpc) is 3.06. The first-order chi connectivity index (χ1) is 13.0. The first-order valence-electron chi connectivity index (χ1n) is 8.23. The molecular weight excluding hydrogens is 370 g/mol. The number of ether oxygens (including phenoxy) is 2. The molecule has 2 aromatic rings. The third kappa shape index (κ3) is 4.23. The average molecular weight is 390 g/mol. The highest BCUT2D eigenvalue weighted by molar-refractivity contribution is 6.30. The van der Waals surface area contributed by atoms with Crippen molar-refractivity contribution in [1.82, 2.24) is 5.01 Å². The number of hydrogen-bond acceptors (Lipinski definition) is 6. The Morgan fingerprint density at radius 3 is 2.63 bits per heavy atom. The molecule has 0 radical (unpaired) electrons. The van der Waals surface area contributed by atoms with Crippen LogP contribution in [-0.2, 0) is 16.1 Å². The van der Waals surface area contributed by atoms with Gasteiger partial charge in [-0.3, -0.25) is 10.2 Å². The number of anilines is 2. The molecule has 0 bridgehead atoms. The Labute approximate surface area is 162 Å². The fourth-order valence-corrected chi connectivity index (χ4v) is 2.86. The lowest BCUT2D eigenvalue weighted by Gasteiger charge is -2.30. The van der Waals surface area contributed by atoms with Crippen LogP contribution in [0.25, 0.3) is 0 Å². The summed E-state index contributed by atoms with van der Waals surface area (Å²) >= 11 is 5.94. The van der Waals surface area contributed by atoms with E-state index < -0.39 is 6.09 Å². The van der Waals surface area contributed by atoms with Gasteiger partial charge < -0.3 is 9.47 Å². The number of hydrogen-bond donors (Lipinski definition) is 1. The van der Waals surface area contributed by atoms with Crippen LogP contribution in [0.1, 0.15) is 5.56 Å². The van der Waals surface area contributed by atoms with Crippen molar-refractivity contribution in [2.24, 2.45) is 0 Å². The van der Waals surface area contributed by atoms with Crippen molar-refractivity contribution < 1.29 is 19.5 Å². The van der Waals surface area contributed by atoms with Gasteiger partial charge >= 0.3 is 6.09 Å². The number of hydrazine groups is 1. The minimum atomic E-state index is -0.866. The number of carbonyl (C=O) groups excluding carboxylic acids is 1. The molecule has 0 fully saturated rings. The quantitative estimate of drug-likeness (QED) is 0.615. The Balaban J connectivity index is 1.67. The van der Waals surface area contributed by atoms with Gasteiger partial charge in [0.2, 0.25) is 0 Å². The van der Waals surface area contributed by atoms with E-state index in [4.69, 9.17) is 16.3 Å². The minimum Gasteiger partial charge on any atom is -0.451 e. The van der Waals surface area contributed by atoms with Gasteiger partial charge in [0.1, 0.15) is 6.23 Å². The summed E-state index contributed by atoms with van der Waals surface area (Å²) < 4.78 is 10.5. The van der Waals surface area contributed by atoms with Crippen molar-refractivity contribution in [1.29, 1.82) is 0 Å². The lowest BCUT2D eigenvalue weighted by Crippen LogP contribution is -2.39. The summed E-state index contributed by atoms with van der Waals surface area (Å²) in [6, 6.07) is 14.4. The van der Waals surface area contributed by atoms with Crippen LogP contribution in [0, 0.1) is 0 Å². The first-order valence-corrected chi connectivity index (χ1v) is 8.61. The van der Waals surface area contributed by atoms with Crippen molar-refractivity contribution in [3.05, 3.63) is 71.4 Å². The molecule has 1 aliphatic rings. The maximum absolute atomic E-state index is 11.6. The number of halogens is 1.